The molecule has 0 radical (unpaired) electrons. The second kappa shape index (κ2) is 7.30. The Hall–Kier alpha value is -3.55. The summed E-state index contributed by atoms with van der Waals surface area (Å²) in [6.07, 6.45) is 10.2. The van der Waals surface area contributed by atoms with Crippen LogP contribution in [0.5, 0.6) is 0 Å². The molecule has 0 nitrogen and oxygen atoms in total. The van der Waals surface area contributed by atoms with Crippen molar-refractivity contribution in [2.75, 3.05) is 0 Å². The van der Waals surface area contributed by atoms with E-state index in [1.54, 1.807) is 0 Å². The average Bonchev–Trinajstić information content (AvgIpc) is 3.48. The lowest BCUT2D eigenvalue weighted by Gasteiger charge is -2.19. The fourth-order valence-corrected chi connectivity index (χ4v) is 5.87. The first-order valence-corrected chi connectivity index (χ1v) is 11.5. The molecular formula is C30H22Si. The molecule has 2 aliphatic carbocycles. The van der Waals surface area contributed by atoms with Crippen LogP contribution in [-0.2, 0) is 0 Å². The van der Waals surface area contributed by atoms with Crippen molar-refractivity contribution in [2.24, 2.45) is 0 Å². The van der Waals surface area contributed by atoms with Crippen LogP contribution in [0, 0.1) is 15.3 Å². The lowest BCUT2D eigenvalue weighted by molar-refractivity contribution is 1.38. The standard InChI is InChI=1S/C30H22Si/c31-30-26(20-15-7-8-16-20)25-19-23-17-9-10-18-24(23)29(25)27(21-11-3-1-4-12-21)28(30)22-13-5-2-6-14-22/h1-15,17-19H,16,31H2. The highest BCUT2D eigenvalue weighted by Gasteiger charge is 2.22. The second-order valence-electron chi connectivity index (χ2n) is 8.18. The Morgan fingerprint density at radius 1 is 0.645 bits per heavy atom. The van der Waals surface area contributed by atoms with Gasteiger partial charge in [0.25, 0.3) is 0 Å². The van der Waals surface area contributed by atoms with Gasteiger partial charge in [0.15, 0.2) is 0 Å². The highest BCUT2D eigenvalue weighted by molar-refractivity contribution is 6.08. The molecule has 4 aromatic carbocycles. The fraction of sp³-hybridized carbons (Fsp3) is 0.0333. The zero-order valence-corrected chi connectivity index (χ0v) is 18.7. The maximum absolute atomic E-state index is 2.40. The third-order valence-electron chi connectivity index (χ3n) is 6.39. The van der Waals surface area contributed by atoms with Gasteiger partial charge >= 0.3 is 0 Å². The SMILES string of the molecule is [SiH2]=c1c(C2=CC=CC2)c2c(c(-c3ccccc3)c1-c1ccccc1)=c1ccccc1=C2. The van der Waals surface area contributed by atoms with Gasteiger partial charge in [0.05, 0.1) is 0 Å². The van der Waals surface area contributed by atoms with Crippen LogP contribution in [0.15, 0.2) is 103 Å². The number of allylic oxidation sites excluding steroid dienone is 4. The van der Waals surface area contributed by atoms with E-state index in [1.807, 2.05) is 9.85 Å². The predicted molar refractivity (Wildman–Crippen MR) is 134 cm³/mol. The van der Waals surface area contributed by atoms with Crippen LogP contribution >= 0.6 is 0 Å². The molecular weight excluding hydrogens is 388 g/mol. The molecule has 0 spiro atoms. The third-order valence-corrected chi connectivity index (χ3v) is 7.10. The molecule has 0 heterocycles. The van der Waals surface area contributed by atoms with Crippen LogP contribution in [0.25, 0.3) is 33.9 Å². The van der Waals surface area contributed by atoms with Gasteiger partial charge in [-0.3, -0.25) is 0 Å². The van der Waals surface area contributed by atoms with Crippen molar-refractivity contribution in [3.8, 4) is 22.3 Å². The molecule has 0 fully saturated rings. The molecule has 0 N–H and O–H groups in total. The average molecular weight is 411 g/mol. The molecule has 31 heavy (non-hydrogen) atoms. The lowest BCUT2D eigenvalue weighted by atomic mass is 9.85. The predicted octanol–water partition coefficient (Wildman–Crippen LogP) is 5.68. The van der Waals surface area contributed by atoms with E-state index in [-0.39, 0.29) is 0 Å². The van der Waals surface area contributed by atoms with Crippen molar-refractivity contribution < 1.29 is 0 Å². The molecule has 0 unspecified atom stereocenters. The van der Waals surface area contributed by atoms with Crippen LogP contribution < -0.4 is 5.22 Å². The quantitative estimate of drug-likeness (QED) is 0.336. The molecule has 2 aliphatic rings. The Morgan fingerprint density at radius 3 is 1.97 bits per heavy atom. The van der Waals surface area contributed by atoms with E-state index < -0.39 is 0 Å². The monoisotopic (exact) mass is 410 g/mol. The molecule has 0 bridgehead atoms. The zero-order chi connectivity index (χ0) is 20.8. The number of hydrogen-bond donors (Lipinski definition) is 0. The first-order valence-electron chi connectivity index (χ1n) is 10.8. The first-order chi connectivity index (χ1) is 15.3. The molecule has 0 aliphatic heterocycles. The molecule has 0 saturated heterocycles. The Balaban J connectivity index is 1.90. The van der Waals surface area contributed by atoms with Crippen LogP contribution in [0.1, 0.15) is 17.5 Å². The van der Waals surface area contributed by atoms with Crippen molar-refractivity contribution >= 4 is 21.5 Å². The van der Waals surface area contributed by atoms with Crippen LogP contribution in [0.4, 0.5) is 0 Å². The maximum Gasteiger partial charge on any atom is -0.00141 e. The summed E-state index contributed by atoms with van der Waals surface area (Å²) >= 11 is 0. The summed E-state index contributed by atoms with van der Waals surface area (Å²) in [7, 11) is 2.04. The molecule has 0 aromatic heterocycles. The minimum atomic E-state index is 1.00. The van der Waals surface area contributed by atoms with E-state index in [9.17, 15) is 0 Å². The molecule has 0 amide bonds. The van der Waals surface area contributed by atoms with Crippen LogP contribution in [0.2, 0.25) is 0 Å². The smallest absolute Gasteiger partial charge is 0.00141 e. The number of rotatable bonds is 3. The van der Waals surface area contributed by atoms with Gasteiger partial charge < -0.3 is 0 Å². The zero-order valence-electron chi connectivity index (χ0n) is 17.3. The normalized spacial score (nSPS) is 13.5. The third kappa shape index (κ3) is 2.85. The summed E-state index contributed by atoms with van der Waals surface area (Å²) in [6, 6.07) is 30.6. The molecule has 146 valence electrons. The van der Waals surface area contributed by atoms with E-state index in [2.05, 4.69) is 109 Å². The van der Waals surface area contributed by atoms with Crippen molar-refractivity contribution in [1.82, 2.24) is 0 Å². The molecule has 0 saturated carbocycles. The van der Waals surface area contributed by atoms with Crippen molar-refractivity contribution in [1.29, 1.82) is 0 Å². The van der Waals surface area contributed by atoms with Crippen LogP contribution in [0.3, 0.4) is 0 Å². The Bertz CT molecular complexity index is 1590. The molecule has 6 rings (SSSR count). The first kappa shape index (κ1) is 18.2. The highest BCUT2D eigenvalue weighted by Crippen LogP contribution is 2.41. The maximum atomic E-state index is 2.40. The van der Waals surface area contributed by atoms with E-state index >= 15 is 0 Å². The summed E-state index contributed by atoms with van der Waals surface area (Å²) in [6.45, 7) is 0. The number of benzene rings is 4. The highest BCUT2D eigenvalue weighted by atomic mass is 28.1. The van der Waals surface area contributed by atoms with Gasteiger partial charge in [0.1, 0.15) is 0 Å². The van der Waals surface area contributed by atoms with Gasteiger partial charge in [-0.2, -0.15) is 0 Å². The molecule has 1 heteroatoms. The minimum absolute atomic E-state index is 1.00. The van der Waals surface area contributed by atoms with E-state index in [0.29, 0.717) is 0 Å². The van der Waals surface area contributed by atoms with Gasteiger partial charge in [-0.1, -0.05) is 103 Å². The van der Waals surface area contributed by atoms with Crippen LogP contribution in [-0.4, -0.2) is 9.85 Å². The fourth-order valence-electron chi connectivity index (χ4n) is 5.07. The topological polar surface area (TPSA) is 0 Å². The number of hydrogen-bond acceptors (Lipinski definition) is 0. The van der Waals surface area contributed by atoms with E-state index in [4.69, 9.17) is 0 Å². The second-order valence-corrected chi connectivity index (χ2v) is 8.89. The summed E-state index contributed by atoms with van der Waals surface area (Å²) in [4.78, 5) is 1.39. The Morgan fingerprint density at radius 2 is 1.29 bits per heavy atom. The van der Waals surface area contributed by atoms with Crippen molar-refractivity contribution in [3.63, 3.8) is 0 Å². The minimum Gasteiger partial charge on any atom is -0.0801 e. The van der Waals surface area contributed by atoms with Gasteiger partial charge in [0.2, 0.25) is 0 Å². The summed E-state index contributed by atoms with van der Waals surface area (Å²) < 4.78 is 0. The van der Waals surface area contributed by atoms with Gasteiger partial charge in [-0.15, -0.1) is 0 Å². The molecule has 0 atom stereocenters. The van der Waals surface area contributed by atoms with Gasteiger partial charge in [-0.05, 0) is 81.8 Å². The summed E-state index contributed by atoms with van der Waals surface area (Å²) in [5, 5.41) is 4.03. The number of fused-ring (bicyclic) bond motifs is 2. The summed E-state index contributed by atoms with van der Waals surface area (Å²) in [5.74, 6) is 0. The molecule has 4 aromatic rings. The van der Waals surface area contributed by atoms with E-state index in [1.165, 1.54) is 59.4 Å². The lowest BCUT2D eigenvalue weighted by Crippen LogP contribution is -1.99. The summed E-state index contributed by atoms with van der Waals surface area (Å²) in [5.41, 5.74) is 9.47. The van der Waals surface area contributed by atoms with E-state index in [0.717, 1.165) is 6.42 Å². The van der Waals surface area contributed by atoms with Crippen molar-refractivity contribution in [2.45, 2.75) is 6.42 Å². The largest absolute Gasteiger partial charge is 0.0801 e. The Kier molecular flexibility index (Phi) is 4.29. The van der Waals surface area contributed by atoms with Crippen molar-refractivity contribution in [3.05, 3.63) is 135 Å². The van der Waals surface area contributed by atoms with Gasteiger partial charge in [-0.25, -0.2) is 0 Å². The Labute approximate surface area is 184 Å². The van der Waals surface area contributed by atoms with Gasteiger partial charge in [0, 0.05) is 0 Å².